The van der Waals surface area contributed by atoms with Crippen LogP contribution in [0, 0.1) is 11.3 Å². The van der Waals surface area contributed by atoms with Crippen LogP contribution in [0.1, 0.15) is 50.2 Å². The van der Waals surface area contributed by atoms with Gasteiger partial charge < -0.3 is 14.4 Å². The van der Waals surface area contributed by atoms with Crippen LogP contribution in [0.15, 0.2) is 24.3 Å². The number of aliphatic hydroxyl groups is 1. The molecule has 1 atom stereocenters. The Balaban J connectivity index is 2.16. The standard InChI is InChI=1S/C19H24ClN3O2/c1-3-5-6-18-22-17(13-24)19(20)23(18)12-14-7-9-16(10-8-14)25-15(4-2)11-21/h7-10,15,24H,3-6,12-13H2,1-2H3. The van der Waals surface area contributed by atoms with Gasteiger partial charge >= 0.3 is 0 Å². The maximum Gasteiger partial charge on any atom is 0.184 e. The highest BCUT2D eigenvalue weighted by Crippen LogP contribution is 2.22. The molecule has 1 N–H and O–H groups in total. The Morgan fingerprint density at radius 1 is 1.32 bits per heavy atom. The molecule has 0 fully saturated rings. The number of ether oxygens (including phenoxy) is 1. The summed E-state index contributed by atoms with van der Waals surface area (Å²) < 4.78 is 7.55. The van der Waals surface area contributed by atoms with E-state index in [1.54, 1.807) is 0 Å². The highest BCUT2D eigenvalue weighted by atomic mass is 35.5. The van der Waals surface area contributed by atoms with Crippen molar-refractivity contribution < 1.29 is 9.84 Å². The number of aryl methyl sites for hydroxylation is 1. The Bertz CT molecular complexity index is 720. The van der Waals surface area contributed by atoms with Gasteiger partial charge in [-0.2, -0.15) is 5.26 Å². The molecule has 134 valence electrons. The van der Waals surface area contributed by atoms with Crippen LogP contribution in [0.4, 0.5) is 0 Å². The molecule has 2 aromatic rings. The minimum Gasteiger partial charge on any atom is -0.476 e. The smallest absolute Gasteiger partial charge is 0.184 e. The highest BCUT2D eigenvalue weighted by molar-refractivity contribution is 6.30. The second kappa shape index (κ2) is 9.45. The fourth-order valence-corrected chi connectivity index (χ4v) is 2.80. The van der Waals surface area contributed by atoms with Gasteiger partial charge in [0.05, 0.1) is 13.2 Å². The van der Waals surface area contributed by atoms with Crippen LogP contribution < -0.4 is 4.74 Å². The van der Waals surface area contributed by atoms with Crippen LogP contribution in [0.2, 0.25) is 5.15 Å². The molecular formula is C19H24ClN3O2. The van der Waals surface area contributed by atoms with Crippen LogP contribution in [-0.2, 0) is 19.6 Å². The van der Waals surface area contributed by atoms with E-state index in [0.29, 0.717) is 29.6 Å². The Kier molecular flexibility index (Phi) is 7.30. The molecule has 2 rings (SSSR count). The monoisotopic (exact) mass is 361 g/mol. The zero-order valence-corrected chi connectivity index (χ0v) is 15.5. The lowest BCUT2D eigenvalue weighted by Crippen LogP contribution is -2.12. The molecule has 25 heavy (non-hydrogen) atoms. The largest absolute Gasteiger partial charge is 0.476 e. The van der Waals surface area contributed by atoms with Crippen molar-refractivity contribution in [2.24, 2.45) is 0 Å². The maximum absolute atomic E-state index is 9.41. The molecule has 1 heterocycles. The molecule has 0 amide bonds. The summed E-state index contributed by atoms with van der Waals surface area (Å²) in [6.07, 6.45) is 3.15. The fourth-order valence-electron chi connectivity index (χ4n) is 2.54. The van der Waals surface area contributed by atoms with Crippen LogP contribution >= 0.6 is 11.6 Å². The summed E-state index contributed by atoms with van der Waals surface area (Å²) in [6.45, 7) is 4.47. The molecular weight excluding hydrogens is 338 g/mol. The maximum atomic E-state index is 9.41. The molecule has 1 unspecified atom stereocenters. The second-order valence-electron chi connectivity index (χ2n) is 5.90. The Morgan fingerprint density at radius 3 is 2.60 bits per heavy atom. The van der Waals surface area contributed by atoms with E-state index in [-0.39, 0.29) is 6.61 Å². The van der Waals surface area contributed by atoms with Crippen LogP contribution in [0.5, 0.6) is 5.75 Å². The number of hydrogen-bond acceptors (Lipinski definition) is 4. The van der Waals surface area contributed by atoms with Crippen molar-refractivity contribution in [1.82, 2.24) is 9.55 Å². The number of nitrogens with zero attached hydrogens (tertiary/aromatic N) is 3. The van der Waals surface area contributed by atoms with Crippen LogP contribution in [0.3, 0.4) is 0 Å². The summed E-state index contributed by atoms with van der Waals surface area (Å²) >= 11 is 6.38. The van der Waals surface area contributed by atoms with Gasteiger partial charge in [-0.3, -0.25) is 0 Å². The third-order valence-corrected chi connectivity index (χ3v) is 4.43. The first kappa shape index (κ1) is 19.3. The molecule has 0 spiro atoms. The van der Waals surface area contributed by atoms with Gasteiger partial charge in [-0.1, -0.05) is 44.0 Å². The highest BCUT2D eigenvalue weighted by Gasteiger charge is 2.15. The van der Waals surface area contributed by atoms with E-state index in [0.717, 1.165) is 30.7 Å². The van der Waals surface area contributed by atoms with Gasteiger partial charge in [0.2, 0.25) is 0 Å². The zero-order chi connectivity index (χ0) is 18.2. The van der Waals surface area contributed by atoms with Gasteiger partial charge in [-0.15, -0.1) is 0 Å². The lowest BCUT2D eigenvalue weighted by atomic mass is 10.2. The fraction of sp³-hybridized carbons (Fsp3) is 0.474. The minimum atomic E-state index is -0.429. The van der Waals surface area contributed by atoms with Crippen molar-refractivity contribution in [2.75, 3.05) is 0 Å². The third-order valence-electron chi connectivity index (χ3n) is 4.01. The normalized spacial score (nSPS) is 12.0. The van der Waals surface area contributed by atoms with E-state index < -0.39 is 6.10 Å². The molecule has 0 aliphatic carbocycles. The van der Waals surface area contributed by atoms with E-state index in [1.165, 1.54) is 0 Å². The van der Waals surface area contributed by atoms with E-state index in [4.69, 9.17) is 21.6 Å². The summed E-state index contributed by atoms with van der Waals surface area (Å²) in [6, 6.07) is 9.76. The van der Waals surface area contributed by atoms with Crippen molar-refractivity contribution in [2.45, 2.75) is 58.8 Å². The Hall–Kier alpha value is -2.03. The Morgan fingerprint density at radius 2 is 2.04 bits per heavy atom. The first-order valence-corrected chi connectivity index (χ1v) is 9.00. The van der Waals surface area contributed by atoms with Crippen LogP contribution in [0.25, 0.3) is 0 Å². The van der Waals surface area contributed by atoms with Crippen molar-refractivity contribution in [1.29, 1.82) is 5.26 Å². The average Bonchev–Trinajstić information content (AvgIpc) is 2.94. The third kappa shape index (κ3) is 4.97. The van der Waals surface area contributed by atoms with Gasteiger partial charge in [0.25, 0.3) is 0 Å². The van der Waals surface area contributed by atoms with Gasteiger partial charge in [0.15, 0.2) is 6.10 Å². The molecule has 0 saturated heterocycles. The molecule has 1 aromatic carbocycles. The minimum absolute atomic E-state index is 0.162. The molecule has 0 aliphatic heterocycles. The zero-order valence-electron chi connectivity index (χ0n) is 14.7. The lowest BCUT2D eigenvalue weighted by molar-refractivity contribution is 0.252. The molecule has 5 nitrogen and oxygen atoms in total. The van der Waals surface area contributed by atoms with Crippen molar-refractivity contribution >= 4 is 11.6 Å². The summed E-state index contributed by atoms with van der Waals surface area (Å²) in [7, 11) is 0. The summed E-state index contributed by atoms with van der Waals surface area (Å²) in [5.74, 6) is 1.57. The SMILES string of the molecule is CCCCc1nc(CO)c(Cl)n1Cc1ccc(OC(C#N)CC)cc1. The molecule has 6 heteroatoms. The topological polar surface area (TPSA) is 71.1 Å². The van der Waals surface area contributed by atoms with E-state index in [2.05, 4.69) is 18.0 Å². The summed E-state index contributed by atoms with van der Waals surface area (Å²) in [5.41, 5.74) is 1.58. The van der Waals surface area contributed by atoms with E-state index in [1.807, 2.05) is 35.8 Å². The summed E-state index contributed by atoms with van der Waals surface area (Å²) in [5, 5.41) is 18.9. The predicted octanol–water partition coefficient (Wildman–Crippen LogP) is 4.10. The molecule has 0 bridgehead atoms. The average molecular weight is 362 g/mol. The number of hydrogen-bond donors (Lipinski definition) is 1. The van der Waals surface area contributed by atoms with E-state index >= 15 is 0 Å². The molecule has 1 aromatic heterocycles. The first-order chi connectivity index (χ1) is 12.1. The van der Waals surface area contributed by atoms with Gasteiger partial charge in [-0.05, 0) is 30.5 Å². The molecule has 0 radical (unpaired) electrons. The van der Waals surface area contributed by atoms with Crippen molar-refractivity contribution in [3.63, 3.8) is 0 Å². The van der Waals surface area contributed by atoms with Crippen molar-refractivity contribution in [3.05, 3.63) is 46.5 Å². The number of imidazole rings is 1. The lowest BCUT2D eigenvalue weighted by Gasteiger charge is -2.12. The van der Waals surface area contributed by atoms with Crippen molar-refractivity contribution in [3.8, 4) is 11.8 Å². The molecule has 0 aliphatic rings. The van der Waals surface area contributed by atoms with Gasteiger partial charge in [0, 0.05) is 6.42 Å². The number of rotatable bonds is 9. The van der Waals surface area contributed by atoms with Gasteiger partial charge in [-0.25, -0.2) is 4.98 Å². The van der Waals surface area contributed by atoms with E-state index in [9.17, 15) is 5.11 Å². The number of aromatic nitrogens is 2. The first-order valence-electron chi connectivity index (χ1n) is 8.62. The number of nitriles is 1. The Labute approximate surface area is 153 Å². The second-order valence-corrected chi connectivity index (χ2v) is 6.26. The molecule has 0 saturated carbocycles. The number of halogens is 1. The predicted molar refractivity (Wildman–Crippen MR) is 97.6 cm³/mol. The number of benzene rings is 1. The quantitative estimate of drug-likeness (QED) is 0.729. The van der Waals surface area contributed by atoms with Crippen LogP contribution in [-0.4, -0.2) is 20.8 Å². The number of unbranched alkanes of at least 4 members (excludes halogenated alkanes) is 1. The van der Waals surface area contributed by atoms with Gasteiger partial charge in [0.1, 0.15) is 28.5 Å². The number of aliphatic hydroxyl groups excluding tert-OH is 1. The summed E-state index contributed by atoms with van der Waals surface area (Å²) in [4.78, 5) is 4.46.